The van der Waals surface area contributed by atoms with E-state index in [4.69, 9.17) is 9.47 Å². The van der Waals surface area contributed by atoms with Gasteiger partial charge in [0, 0.05) is 13.1 Å². The summed E-state index contributed by atoms with van der Waals surface area (Å²) in [5.74, 6) is 0.267. The number of para-hydroxylation sites is 2. The van der Waals surface area contributed by atoms with Gasteiger partial charge in [0.15, 0.2) is 0 Å². The van der Waals surface area contributed by atoms with E-state index in [9.17, 15) is 9.59 Å². The van der Waals surface area contributed by atoms with Crippen LogP contribution in [-0.4, -0.2) is 55.8 Å². The van der Waals surface area contributed by atoms with Crippen molar-refractivity contribution in [3.8, 4) is 5.75 Å². The van der Waals surface area contributed by atoms with E-state index in [1.807, 2.05) is 25.1 Å². The molecule has 0 aliphatic carbocycles. The second-order valence-electron chi connectivity index (χ2n) is 5.70. The third-order valence-electron chi connectivity index (χ3n) is 3.95. The van der Waals surface area contributed by atoms with E-state index in [0.717, 1.165) is 0 Å². The van der Waals surface area contributed by atoms with Crippen LogP contribution in [0.3, 0.4) is 0 Å². The fraction of sp³-hybridized carbons (Fsp3) is 0.500. The first-order valence-electron chi connectivity index (χ1n) is 7.83. The molecule has 2 aliphatic heterocycles. The molecular weight excluding hydrogens is 298 g/mol. The molecule has 0 radical (unpaired) electrons. The predicted octanol–water partition coefficient (Wildman–Crippen LogP) is 1.06. The number of nitrogens with one attached hydrogen (secondary N) is 2. The first-order valence-corrected chi connectivity index (χ1v) is 7.83. The highest BCUT2D eigenvalue weighted by Gasteiger charge is 2.35. The zero-order chi connectivity index (χ0) is 16.2. The minimum absolute atomic E-state index is 0.0440. The maximum Gasteiger partial charge on any atom is 0.322 e. The van der Waals surface area contributed by atoms with Gasteiger partial charge in [0.05, 0.1) is 37.5 Å². The van der Waals surface area contributed by atoms with Gasteiger partial charge < -0.3 is 25.0 Å². The quantitative estimate of drug-likeness (QED) is 0.873. The van der Waals surface area contributed by atoms with Crippen molar-refractivity contribution in [2.24, 2.45) is 5.92 Å². The summed E-state index contributed by atoms with van der Waals surface area (Å²) in [6.45, 7) is 3.99. The number of carbonyl (C=O) groups is 2. The molecule has 1 aromatic carbocycles. The predicted molar refractivity (Wildman–Crippen MR) is 84.4 cm³/mol. The van der Waals surface area contributed by atoms with Gasteiger partial charge in [-0.2, -0.15) is 0 Å². The zero-order valence-corrected chi connectivity index (χ0v) is 13.1. The SMILES string of the molecule is CCOc1ccccc1NC(=O)N1C[C@H]2COC[C@@H](C1)C(=O)N2. The molecule has 0 unspecified atom stereocenters. The molecule has 2 fully saturated rings. The summed E-state index contributed by atoms with van der Waals surface area (Å²) < 4.78 is 11.0. The smallest absolute Gasteiger partial charge is 0.322 e. The Kier molecular flexibility index (Phi) is 4.66. The lowest BCUT2D eigenvalue weighted by Gasteiger charge is -2.28. The number of ether oxygens (including phenoxy) is 2. The van der Waals surface area contributed by atoms with Gasteiger partial charge in [-0.05, 0) is 19.1 Å². The minimum atomic E-state index is -0.324. The lowest BCUT2D eigenvalue weighted by atomic mass is 10.1. The van der Waals surface area contributed by atoms with Crippen LogP contribution >= 0.6 is 0 Å². The van der Waals surface area contributed by atoms with Crippen LogP contribution in [0.2, 0.25) is 0 Å². The maximum absolute atomic E-state index is 12.6. The molecule has 0 spiro atoms. The Balaban J connectivity index is 1.72. The summed E-state index contributed by atoms with van der Waals surface area (Å²) in [7, 11) is 0. The van der Waals surface area contributed by atoms with Crippen molar-refractivity contribution >= 4 is 17.6 Å². The molecule has 0 saturated carbocycles. The fourth-order valence-electron chi connectivity index (χ4n) is 2.84. The number of rotatable bonds is 3. The van der Waals surface area contributed by atoms with E-state index < -0.39 is 0 Å². The third kappa shape index (κ3) is 3.56. The molecule has 7 nitrogen and oxygen atoms in total. The number of hydrogen-bond donors (Lipinski definition) is 2. The van der Waals surface area contributed by atoms with Crippen molar-refractivity contribution in [3.05, 3.63) is 24.3 Å². The van der Waals surface area contributed by atoms with Crippen LogP contribution < -0.4 is 15.4 Å². The van der Waals surface area contributed by atoms with Crippen molar-refractivity contribution in [3.63, 3.8) is 0 Å². The monoisotopic (exact) mass is 319 g/mol. The van der Waals surface area contributed by atoms with Crippen molar-refractivity contribution in [1.29, 1.82) is 0 Å². The number of urea groups is 1. The van der Waals surface area contributed by atoms with Crippen LogP contribution in [0.4, 0.5) is 10.5 Å². The average Bonchev–Trinajstić information content (AvgIpc) is 2.78. The van der Waals surface area contributed by atoms with Gasteiger partial charge in [0.2, 0.25) is 5.91 Å². The Morgan fingerprint density at radius 1 is 1.39 bits per heavy atom. The largest absolute Gasteiger partial charge is 0.492 e. The lowest BCUT2D eigenvalue weighted by Crippen LogP contribution is -2.46. The van der Waals surface area contributed by atoms with E-state index in [1.54, 1.807) is 11.0 Å². The highest BCUT2D eigenvalue weighted by molar-refractivity contribution is 5.92. The molecular formula is C16H21N3O4. The number of benzene rings is 1. The molecule has 2 bridgehead atoms. The van der Waals surface area contributed by atoms with E-state index in [0.29, 0.717) is 44.3 Å². The van der Waals surface area contributed by atoms with Gasteiger partial charge in [-0.15, -0.1) is 0 Å². The second kappa shape index (κ2) is 6.87. The van der Waals surface area contributed by atoms with Gasteiger partial charge in [-0.1, -0.05) is 12.1 Å². The van der Waals surface area contributed by atoms with Crippen LogP contribution in [-0.2, 0) is 9.53 Å². The van der Waals surface area contributed by atoms with Gasteiger partial charge in [0.1, 0.15) is 5.75 Å². The lowest BCUT2D eigenvalue weighted by molar-refractivity contribution is -0.125. The molecule has 1 aromatic rings. The van der Waals surface area contributed by atoms with Gasteiger partial charge in [0.25, 0.3) is 0 Å². The molecule has 2 heterocycles. The number of nitrogens with zero attached hydrogens (tertiary/aromatic N) is 1. The van der Waals surface area contributed by atoms with E-state index in [2.05, 4.69) is 10.6 Å². The Hall–Kier alpha value is -2.28. The van der Waals surface area contributed by atoms with Crippen molar-refractivity contribution in [2.45, 2.75) is 13.0 Å². The van der Waals surface area contributed by atoms with Crippen molar-refractivity contribution < 1.29 is 19.1 Å². The molecule has 3 rings (SSSR count). The van der Waals surface area contributed by atoms with Gasteiger partial charge in [-0.25, -0.2) is 4.79 Å². The zero-order valence-electron chi connectivity index (χ0n) is 13.1. The molecule has 2 atom stereocenters. The average molecular weight is 319 g/mol. The molecule has 7 heteroatoms. The summed E-state index contributed by atoms with van der Waals surface area (Å²) in [6.07, 6.45) is 0. The van der Waals surface area contributed by atoms with E-state index in [-0.39, 0.29) is 23.9 Å². The summed E-state index contributed by atoms with van der Waals surface area (Å²) in [4.78, 5) is 26.3. The first kappa shape index (κ1) is 15.6. The maximum atomic E-state index is 12.6. The summed E-state index contributed by atoms with van der Waals surface area (Å²) in [5.41, 5.74) is 0.629. The van der Waals surface area contributed by atoms with Gasteiger partial charge >= 0.3 is 6.03 Å². The number of amides is 3. The molecule has 2 saturated heterocycles. The van der Waals surface area contributed by atoms with Crippen LogP contribution in [0.15, 0.2) is 24.3 Å². The van der Waals surface area contributed by atoms with E-state index >= 15 is 0 Å². The van der Waals surface area contributed by atoms with Crippen LogP contribution in [0.1, 0.15) is 6.92 Å². The Morgan fingerprint density at radius 2 is 2.22 bits per heavy atom. The van der Waals surface area contributed by atoms with Crippen LogP contribution in [0, 0.1) is 5.92 Å². The number of fused-ring (bicyclic) bond motifs is 3. The summed E-state index contributed by atoms with van der Waals surface area (Å²) in [5, 5.41) is 5.79. The van der Waals surface area contributed by atoms with Crippen molar-refractivity contribution in [2.75, 3.05) is 38.2 Å². The Labute approximate surface area is 134 Å². The molecule has 124 valence electrons. The molecule has 23 heavy (non-hydrogen) atoms. The first-order chi connectivity index (χ1) is 11.2. The minimum Gasteiger partial charge on any atom is -0.492 e. The number of hydrogen-bond acceptors (Lipinski definition) is 4. The number of anilines is 1. The standard InChI is InChI=1S/C16H21N3O4/c1-2-23-14-6-4-3-5-13(14)18-16(21)19-7-11-9-22-10-12(8-19)17-15(11)20/h3-6,11-12H,2,7-10H2,1H3,(H,17,20)(H,18,21)/t11-,12+/m1/s1. The highest BCUT2D eigenvalue weighted by Crippen LogP contribution is 2.24. The summed E-state index contributed by atoms with van der Waals surface area (Å²) >= 11 is 0. The van der Waals surface area contributed by atoms with Crippen LogP contribution in [0.25, 0.3) is 0 Å². The molecule has 3 amide bonds. The Bertz CT molecular complexity index is 592. The summed E-state index contributed by atoms with van der Waals surface area (Å²) in [6, 6.07) is 6.92. The topological polar surface area (TPSA) is 79.9 Å². The molecule has 2 N–H and O–H groups in total. The molecule has 0 aromatic heterocycles. The number of carbonyl (C=O) groups excluding carboxylic acids is 2. The molecule has 2 aliphatic rings. The highest BCUT2D eigenvalue weighted by atomic mass is 16.5. The van der Waals surface area contributed by atoms with Crippen molar-refractivity contribution in [1.82, 2.24) is 10.2 Å². The normalized spacial score (nSPS) is 23.7. The van der Waals surface area contributed by atoms with Gasteiger partial charge in [-0.3, -0.25) is 4.79 Å². The fourth-order valence-corrected chi connectivity index (χ4v) is 2.84. The second-order valence-corrected chi connectivity index (χ2v) is 5.70. The van der Waals surface area contributed by atoms with E-state index in [1.165, 1.54) is 0 Å². The Morgan fingerprint density at radius 3 is 3.04 bits per heavy atom. The van der Waals surface area contributed by atoms with Crippen LogP contribution in [0.5, 0.6) is 5.75 Å². The third-order valence-corrected chi connectivity index (χ3v) is 3.95.